The van der Waals surface area contributed by atoms with Gasteiger partial charge < -0.3 is 15.5 Å². The first-order chi connectivity index (χ1) is 11.1. The van der Waals surface area contributed by atoms with E-state index in [4.69, 9.17) is 0 Å². The molecule has 6 heteroatoms. The van der Waals surface area contributed by atoms with Crippen LogP contribution in [-0.4, -0.2) is 31.4 Å². The minimum absolute atomic E-state index is 0.00464. The number of anilines is 2. The van der Waals surface area contributed by atoms with Gasteiger partial charge in [-0.2, -0.15) is 0 Å². The monoisotopic (exact) mass is 421 g/mol. The van der Waals surface area contributed by atoms with Gasteiger partial charge in [-0.05, 0) is 46.9 Å². The van der Waals surface area contributed by atoms with Gasteiger partial charge in [0.15, 0.2) is 0 Å². The van der Waals surface area contributed by atoms with Crippen molar-refractivity contribution in [3.05, 3.63) is 57.7 Å². The maximum atomic E-state index is 12.5. The number of benzene rings is 2. The van der Waals surface area contributed by atoms with Gasteiger partial charge in [-0.1, -0.05) is 24.3 Å². The highest BCUT2D eigenvalue weighted by atomic mass is 127. The van der Waals surface area contributed by atoms with Crippen molar-refractivity contribution in [1.29, 1.82) is 0 Å². The van der Waals surface area contributed by atoms with Crippen molar-refractivity contribution in [1.82, 2.24) is 5.32 Å². The Morgan fingerprint density at radius 3 is 2.65 bits per heavy atom. The lowest BCUT2D eigenvalue weighted by Gasteiger charge is -2.30. The molecule has 0 unspecified atom stereocenters. The first kappa shape index (κ1) is 15.8. The molecule has 1 fully saturated rings. The van der Waals surface area contributed by atoms with Crippen LogP contribution in [0.15, 0.2) is 48.5 Å². The Morgan fingerprint density at radius 2 is 1.87 bits per heavy atom. The molecule has 0 atom stereocenters. The molecule has 0 radical (unpaired) electrons. The number of halogens is 1. The average Bonchev–Trinajstić information content (AvgIpc) is 2.55. The summed E-state index contributed by atoms with van der Waals surface area (Å²) in [5, 5.41) is 5.77. The number of rotatable bonds is 3. The zero-order valence-electron chi connectivity index (χ0n) is 12.4. The van der Waals surface area contributed by atoms with E-state index in [9.17, 15) is 9.59 Å². The van der Waals surface area contributed by atoms with Crippen molar-refractivity contribution in [3.8, 4) is 0 Å². The van der Waals surface area contributed by atoms with Crippen molar-refractivity contribution in [2.75, 3.05) is 29.9 Å². The average molecular weight is 421 g/mol. The molecular formula is C17H16IN3O2. The lowest BCUT2D eigenvalue weighted by atomic mass is 10.2. The van der Waals surface area contributed by atoms with Crippen molar-refractivity contribution >= 4 is 45.8 Å². The highest BCUT2D eigenvalue weighted by molar-refractivity contribution is 14.1. The summed E-state index contributed by atoms with van der Waals surface area (Å²) in [6, 6.07) is 15.0. The summed E-state index contributed by atoms with van der Waals surface area (Å²) >= 11 is 2.15. The molecule has 3 rings (SSSR count). The Hall–Kier alpha value is -2.09. The lowest BCUT2D eigenvalue weighted by molar-refractivity contribution is -0.120. The van der Waals surface area contributed by atoms with E-state index in [0.717, 1.165) is 15.8 Å². The number of hydrogen-bond acceptors (Lipinski definition) is 3. The fraction of sp³-hybridized carbons (Fsp3) is 0.176. The molecule has 118 valence electrons. The van der Waals surface area contributed by atoms with E-state index in [1.165, 1.54) is 0 Å². The number of carbonyl (C=O) groups excluding carboxylic acids is 2. The van der Waals surface area contributed by atoms with E-state index in [1.54, 1.807) is 6.07 Å². The summed E-state index contributed by atoms with van der Waals surface area (Å²) < 4.78 is 0.900. The maximum absolute atomic E-state index is 12.5. The van der Waals surface area contributed by atoms with E-state index in [1.807, 2.05) is 47.4 Å². The third-order valence-corrected chi connectivity index (χ3v) is 4.59. The first-order valence-electron chi connectivity index (χ1n) is 7.32. The summed E-state index contributed by atoms with van der Waals surface area (Å²) in [5.74, 6) is -0.154. The highest BCUT2D eigenvalue weighted by Crippen LogP contribution is 2.27. The molecule has 1 aliphatic rings. The zero-order chi connectivity index (χ0) is 16.2. The van der Waals surface area contributed by atoms with Crippen LogP contribution in [0, 0.1) is 3.57 Å². The number of carbonyl (C=O) groups is 2. The largest absolute Gasteiger partial charge is 0.359 e. The second kappa shape index (κ2) is 6.99. The molecule has 0 aromatic heterocycles. The molecule has 2 aromatic rings. The summed E-state index contributed by atoms with van der Waals surface area (Å²) in [5.41, 5.74) is 2.22. The number of nitrogens with zero attached hydrogens (tertiary/aromatic N) is 1. The quantitative estimate of drug-likeness (QED) is 0.749. The van der Waals surface area contributed by atoms with Crippen LogP contribution >= 0.6 is 22.6 Å². The highest BCUT2D eigenvalue weighted by Gasteiger charge is 2.20. The molecule has 1 aliphatic heterocycles. The molecule has 0 bridgehead atoms. The van der Waals surface area contributed by atoms with Gasteiger partial charge in [-0.15, -0.1) is 0 Å². The van der Waals surface area contributed by atoms with Crippen LogP contribution in [0.25, 0.3) is 0 Å². The van der Waals surface area contributed by atoms with Gasteiger partial charge in [-0.3, -0.25) is 9.59 Å². The molecule has 1 heterocycles. The Labute approximate surface area is 148 Å². The van der Waals surface area contributed by atoms with Crippen LogP contribution in [0.5, 0.6) is 0 Å². The zero-order valence-corrected chi connectivity index (χ0v) is 14.5. The summed E-state index contributed by atoms with van der Waals surface area (Å²) in [4.78, 5) is 26.1. The van der Waals surface area contributed by atoms with Crippen LogP contribution in [0.4, 0.5) is 11.4 Å². The van der Waals surface area contributed by atoms with Crippen LogP contribution in [0.3, 0.4) is 0 Å². The Bertz CT molecular complexity index is 748. The fourth-order valence-electron chi connectivity index (χ4n) is 2.53. The normalized spacial score (nSPS) is 14.3. The van der Waals surface area contributed by atoms with Crippen LogP contribution < -0.4 is 15.5 Å². The smallest absolute Gasteiger partial charge is 0.256 e. The third kappa shape index (κ3) is 3.64. The van der Waals surface area contributed by atoms with Crippen molar-refractivity contribution in [2.24, 2.45) is 0 Å². The van der Waals surface area contributed by atoms with E-state index < -0.39 is 0 Å². The fourth-order valence-corrected chi connectivity index (χ4v) is 3.17. The SMILES string of the molecule is O=C1CN(c2ccccc2NC(=O)c2ccccc2I)CCN1. The van der Waals surface area contributed by atoms with Gasteiger partial charge >= 0.3 is 0 Å². The molecule has 2 aromatic carbocycles. The second-order valence-corrected chi connectivity index (χ2v) is 6.38. The molecule has 23 heavy (non-hydrogen) atoms. The third-order valence-electron chi connectivity index (χ3n) is 3.65. The van der Waals surface area contributed by atoms with Gasteiger partial charge in [0.05, 0.1) is 23.5 Å². The van der Waals surface area contributed by atoms with Crippen LogP contribution in [-0.2, 0) is 4.79 Å². The molecule has 0 saturated carbocycles. The topological polar surface area (TPSA) is 61.4 Å². The molecule has 2 amide bonds. The second-order valence-electron chi connectivity index (χ2n) is 5.22. The van der Waals surface area contributed by atoms with Gasteiger partial charge in [0.1, 0.15) is 0 Å². The maximum Gasteiger partial charge on any atom is 0.256 e. The molecule has 2 N–H and O–H groups in total. The standard InChI is InChI=1S/C17H16IN3O2/c18-13-6-2-1-5-12(13)17(23)20-14-7-3-4-8-15(14)21-10-9-19-16(22)11-21/h1-8H,9-11H2,(H,19,22)(H,20,23). The number of para-hydroxylation sites is 2. The molecular weight excluding hydrogens is 405 g/mol. The molecule has 5 nitrogen and oxygen atoms in total. The molecule has 0 aliphatic carbocycles. The minimum atomic E-state index is -0.149. The molecule has 1 saturated heterocycles. The van der Waals surface area contributed by atoms with Crippen molar-refractivity contribution in [3.63, 3.8) is 0 Å². The van der Waals surface area contributed by atoms with E-state index in [2.05, 4.69) is 33.2 Å². The first-order valence-corrected chi connectivity index (χ1v) is 8.39. The van der Waals surface area contributed by atoms with Gasteiger partial charge in [0.25, 0.3) is 5.91 Å². The van der Waals surface area contributed by atoms with Crippen LogP contribution in [0.2, 0.25) is 0 Å². The van der Waals surface area contributed by atoms with Crippen molar-refractivity contribution in [2.45, 2.75) is 0 Å². The Balaban J connectivity index is 1.85. The summed E-state index contributed by atoms with van der Waals surface area (Å²) in [6.07, 6.45) is 0. The minimum Gasteiger partial charge on any atom is -0.359 e. The number of hydrogen-bond donors (Lipinski definition) is 2. The summed E-state index contributed by atoms with van der Waals surface area (Å²) in [6.45, 7) is 1.63. The lowest BCUT2D eigenvalue weighted by Crippen LogP contribution is -2.47. The summed E-state index contributed by atoms with van der Waals surface area (Å²) in [7, 11) is 0. The van der Waals surface area contributed by atoms with Crippen molar-refractivity contribution < 1.29 is 9.59 Å². The number of nitrogens with one attached hydrogen (secondary N) is 2. The van der Waals surface area contributed by atoms with Crippen LogP contribution in [0.1, 0.15) is 10.4 Å². The van der Waals surface area contributed by atoms with E-state index in [0.29, 0.717) is 24.3 Å². The van der Waals surface area contributed by atoms with E-state index in [-0.39, 0.29) is 11.8 Å². The predicted octanol–water partition coefficient (Wildman–Crippen LogP) is 2.48. The van der Waals surface area contributed by atoms with Gasteiger partial charge in [-0.25, -0.2) is 0 Å². The Morgan fingerprint density at radius 1 is 1.13 bits per heavy atom. The Kier molecular flexibility index (Phi) is 4.80. The molecule has 0 spiro atoms. The van der Waals surface area contributed by atoms with Gasteiger partial charge in [0, 0.05) is 16.7 Å². The van der Waals surface area contributed by atoms with Gasteiger partial charge in [0.2, 0.25) is 5.91 Å². The number of amides is 2. The van der Waals surface area contributed by atoms with E-state index >= 15 is 0 Å². The number of piperazine rings is 1. The predicted molar refractivity (Wildman–Crippen MR) is 98.8 cm³/mol.